The molecule has 3 rings (SSSR count). The van der Waals surface area contributed by atoms with Crippen molar-refractivity contribution in [3.8, 4) is 5.75 Å². The molecule has 0 N–H and O–H groups in total. The van der Waals surface area contributed by atoms with Gasteiger partial charge in [-0.1, -0.05) is 42.5 Å². The lowest BCUT2D eigenvalue weighted by Crippen LogP contribution is -2.50. The molecule has 1 saturated carbocycles. The Morgan fingerprint density at radius 1 is 1.12 bits per heavy atom. The van der Waals surface area contributed by atoms with E-state index in [0.29, 0.717) is 22.2 Å². The molecule has 26 heavy (non-hydrogen) atoms. The normalized spacial score (nSPS) is 22.9. The Labute approximate surface area is 164 Å². The number of nitrogens with zero attached hydrogens (tertiary/aromatic N) is 1. The Kier molecular flexibility index (Phi) is 6.36. The van der Waals surface area contributed by atoms with Gasteiger partial charge < -0.3 is 9.64 Å². The molecular formula is C18H23Cl2NO4S. The van der Waals surface area contributed by atoms with Crippen LogP contribution in [0, 0.1) is 0 Å². The molecule has 1 atom stereocenters. The first-order valence-corrected chi connectivity index (χ1v) is 11.5. The number of hydrogen-bond acceptors (Lipinski definition) is 4. The van der Waals surface area contributed by atoms with Crippen LogP contribution in [0.15, 0.2) is 18.2 Å². The van der Waals surface area contributed by atoms with E-state index in [1.54, 1.807) is 23.1 Å². The van der Waals surface area contributed by atoms with Gasteiger partial charge in [0.2, 0.25) is 0 Å². The van der Waals surface area contributed by atoms with Crippen molar-refractivity contribution in [2.45, 2.75) is 50.6 Å². The maximum absolute atomic E-state index is 12.9. The van der Waals surface area contributed by atoms with Crippen LogP contribution in [-0.2, 0) is 14.6 Å². The van der Waals surface area contributed by atoms with Crippen LogP contribution in [0.1, 0.15) is 38.5 Å². The van der Waals surface area contributed by atoms with E-state index >= 15 is 0 Å². The third kappa shape index (κ3) is 4.84. The van der Waals surface area contributed by atoms with Gasteiger partial charge in [0.1, 0.15) is 5.75 Å². The third-order valence-corrected chi connectivity index (χ3v) is 7.40. The van der Waals surface area contributed by atoms with Crippen LogP contribution in [0.25, 0.3) is 0 Å². The minimum atomic E-state index is -3.07. The van der Waals surface area contributed by atoms with Crippen molar-refractivity contribution in [1.82, 2.24) is 4.90 Å². The van der Waals surface area contributed by atoms with Crippen molar-refractivity contribution in [2.75, 3.05) is 18.1 Å². The van der Waals surface area contributed by atoms with E-state index in [1.165, 1.54) is 0 Å². The standard InChI is InChI=1S/C18H23Cl2NO4S/c19-13-6-7-16(20)17(10-13)25-11-18(22)21(14-4-2-1-3-5-14)15-8-9-26(23,24)12-15/h6-7,10,14-15H,1-5,8-9,11-12H2/t15-/m1/s1. The van der Waals surface area contributed by atoms with Crippen LogP contribution >= 0.6 is 23.2 Å². The van der Waals surface area contributed by atoms with Gasteiger partial charge in [0.05, 0.1) is 16.5 Å². The lowest BCUT2D eigenvalue weighted by atomic mass is 9.93. The molecule has 1 aromatic rings. The van der Waals surface area contributed by atoms with Crippen LogP contribution in [0.5, 0.6) is 5.75 Å². The topological polar surface area (TPSA) is 63.7 Å². The molecule has 1 heterocycles. The Hall–Kier alpha value is -0.980. The zero-order chi connectivity index (χ0) is 18.7. The summed E-state index contributed by atoms with van der Waals surface area (Å²) in [6.45, 7) is -0.174. The predicted molar refractivity (Wildman–Crippen MR) is 103 cm³/mol. The van der Waals surface area contributed by atoms with Crippen molar-refractivity contribution in [3.05, 3.63) is 28.2 Å². The number of sulfone groups is 1. The number of rotatable bonds is 5. The van der Waals surface area contributed by atoms with Gasteiger partial charge in [-0.05, 0) is 31.4 Å². The molecule has 1 aliphatic heterocycles. The van der Waals surface area contributed by atoms with Gasteiger partial charge >= 0.3 is 0 Å². The van der Waals surface area contributed by atoms with Crippen LogP contribution in [0.3, 0.4) is 0 Å². The number of hydrogen-bond donors (Lipinski definition) is 0. The summed E-state index contributed by atoms with van der Waals surface area (Å²) in [4.78, 5) is 14.7. The molecule has 0 unspecified atom stereocenters. The summed E-state index contributed by atoms with van der Waals surface area (Å²) >= 11 is 12.0. The summed E-state index contributed by atoms with van der Waals surface area (Å²) in [6.07, 6.45) is 5.63. The van der Waals surface area contributed by atoms with Crippen LogP contribution < -0.4 is 4.74 Å². The fraction of sp³-hybridized carbons (Fsp3) is 0.611. The molecular weight excluding hydrogens is 397 g/mol. The summed E-state index contributed by atoms with van der Waals surface area (Å²) in [6, 6.07) is 4.67. The van der Waals surface area contributed by atoms with Gasteiger partial charge in [0.15, 0.2) is 16.4 Å². The largest absolute Gasteiger partial charge is 0.482 e. The van der Waals surface area contributed by atoms with Crippen LogP contribution in [0.2, 0.25) is 10.0 Å². The molecule has 0 aromatic heterocycles. The van der Waals surface area contributed by atoms with E-state index in [2.05, 4.69) is 0 Å². The fourth-order valence-electron chi connectivity index (χ4n) is 3.86. The van der Waals surface area contributed by atoms with Gasteiger partial charge in [-0.3, -0.25) is 4.79 Å². The first-order valence-electron chi connectivity index (χ1n) is 8.95. The van der Waals surface area contributed by atoms with Crippen LogP contribution in [-0.4, -0.2) is 49.4 Å². The Morgan fingerprint density at radius 2 is 1.85 bits per heavy atom. The molecule has 8 heteroatoms. The van der Waals surface area contributed by atoms with E-state index in [-0.39, 0.29) is 36.1 Å². The Balaban J connectivity index is 1.73. The van der Waals surface area contributed by atoms with Gasteiger partial charge in [0, 0.05) is 23.2 Å². The highest BCUT2D eigenvalue weighted by Crippen LogP contribution is 2.30. The zero-order valence-corrected chi connectivity index (χ0v) is 16.8. The second-order valence-corrected chi connectivity index (χ2v) is 10.1. The molecule has 1 aromatic carbocycles. The Bertz CT molecular complexity index is 762. The predicted octanol–water partition coefficient (Wildman–Crippen LogP) is 3.72. The summed E-state index contributed by atoms with van der Waals surface area (Å²) < 4.78 is 29.4. The van der Waals surface area contributed by atoms with Crippen molar-refractivity contribution < 1.29 is 17.9 Å². The van der Waals surface area contributed by atoms with E-state index in [9.17, 15) is 13.2 Å². The molecule has 1 aliphatic carbocycles. The zero-order valence-electron chi connectivity index (χ0n) is 14.5. The number of benzene rings is 1. The maximum Gasteiger partial charge on any atom is 0.261 e. The summed E-state index contributed by atoms with van der Waals surface area (Å²) in [5.74, 6) is 0.368. The average Bonchev–Trinajstić information content (AvgIpc) is 2.96. The first kappa shape index (κ1) is 19.8. The van der Waals surface area contributed by atoms with Gasteiger partial charge in [-0.15, -0.1) is 0 Å². The summed E-state index contributed by atoms with van der Waals surface area (Å²) in [7, 11) is -3.07. The number of halogens is 2. The van der Waals surface area contributed by atoms with Crippen molar-refractivity contribution in [1.29, 1.82) is 0 Å². The van der Waals surface area contributed by atoms with Gasteiger partial charge in [-0.25, -0.2) is 8.42 Å². The monoisotopic (exact) mass is 419 g/mol. The average molecular weight is 420 g/mol. The summed E-state index contributed by atoms with van der Waals surface area (Å²) in [5, 5.41) is 0.859. The SMILES string of the molecule is O=C(COc1cc(Cl)ccc1Cl)N(C1CCCCC1)[C@@H]1CCS(=O)(=O)C1. The lowest BCUT2D eigenvalue weighted by Gasteiger charge is -2.38. The smallest absolute Gasteiger partial charge is 0.261 e. The maximum atomic E-state index is 12.9. The lowest BCUT2D eigenvalue weighted by molar-refractivity contribution is -0.138. The number of carbonyl (C=O) groups excluding carboxylic acids is 1. The van der Waals surface area contributed by atoms with E-state index in [0.717, 1.165) is 32.1 Å². The minimum Gasteiger partial charge on any atom is -0.482 e. The third-order valence-electron chi connectivity index (χ3n) is 5.10. The summed E-state index contributed by atoms with van der Waals surface area (Å²) in [5.41, 5.74) is 0. The fourth-order valence-corrected chi connectivity index (χ4v) is 5.91. The van der Waals surface area contributed by atoms with Crippen molar-refractivity contribution >= 4 is 38.9 Å². The molecule has 2 fully saturated rings. The molecule has 144 valence electrons. The number of amides is 1. The van der Waals surface area contributed by atoms with Crippen LogP contribution in [0.4, 0.5) is 0 Å². The quantitative estimate of drug-likeness (QED) is 0.729. The van der Waals surface area contributed by atoms with Crippen molar-refractivity contribution in [3.63, 3.8) is 0 Å². The second-order valence-electron chi connectivity index (χ2n) is 7.01. The number of ether oxygens (including phenoxy) is 1. The number of carbonyl (C=O) groups is 1. The molecule has 5 nitrogen and oxygen atoms in total. The molecule has 0 radical (unpaired) electrons. The first-order chi connectivity index (χ1) is 12.4. The van der Waals surface area contributed by atoms with E-state index < -0.39 is 9.84 Å². The molecule has 2 aliphatic rings. The molecule has 1 amide bonds. The second kappa shape index (κ2) is 8.36. The van der Waals surface area contributed by atoms with E-state index in [1.807, 2.05) is 0 Å². The molecule has 0 spiro atoms. The van der Waals surface area contributed by atoms with E-state index in [4.69, 9.17) is 27.9 Å². The highest BCUT2D eigenvalue weighted by molar-refractivity contribution is 7.91. The highest BCUT2D eigenvalue weighted by atomic mass is 35.5. The Morgan fingerprint density at radius 3 is 2.50 bits per heavy atom. The van der Waals surface area contributed by atoms with Gasteiger partial charge in [0.25, 0.3) is 5.91 Å². The highest BCUT2D eigenvalue weighted by Gasteiger charge is 2.38. The van der Waals surface area contributed by atoms with Gasteiger partial charge in [-0.2, -0.15) is 0 Å². The molecule has 1 saturated heterocycles. The minimum absolute atomic E-state index is 0.0488. The molecule has 0 bridgehead atoms. The van der Waals surface area contributed by atoms with Crippen molar-refractivity contribution in [2.24, 2.45) is 0 Å².